The number of aryl methyl sites for hydroxylation is 2. The summed E-state index contributed by atoms with van der Waals surface area (Å²) >= 11 is 6.21. The van der Waals surface area contributed by atoms with Crippen molar-refractivity contribution in [1.29, 1.82) is 0 Å². The summed E-state index contributed by atoms with van der Waals surface area (Å²) in [7, 11) is 0. The first kappa shape index (κ1) is 26.3. The SMILES string of the molecule is Cc1ccc(C)c(OCC(=O)N(Cc2cccc(Cl)c2)[C@@H](Cc2ccccc2)C(=O)NC(C)C)c1. The van der Waals surface area contributed by atoms with E-state index in [9.17, 15) is 9.59 Å². The van der Waals surface area contributed by atoms with Crippen molar-refractivity contribution in [2.24, 2.45) is 0 Å². The molecule has 184 valence electrons. The van der Waals surface area contributed by atoms with E-state index in [1.807, 2.05) is 94.4 Å². The normalized spacial score (nSPS) is 11.7. The van der Waals surface area contributed by atoms with E-state index in [1.54, 1.807) is 11.0 Å². The molecular formula is C29H33ClN2O3. The maximum Gasteiger partial charge on any atom is 0.261 e. The summed E-state index contributed by atoms with van der Waals surface area (Å²) in [4.78, 5) is 28.6. The molecule has 0 unspecified atom stereocenters. The Bertz CT molecular complexity index is 1150. The van der Waals surface area contributed by atoms with Gasteiger partial charge >= 0.3 is 0 Å². The molecule has 0 heterocycles. The van der Waals surface area contributed by atoms with Gasteiger partial charge in [0.2, 0.25) is 5.91 Å². The van der Waals surface area contributed by atoms with Crippen LogP contribution in [0.4, 0.5) is 0 Å². The summed E-state index contributed by atoms with van der Waals surface area (Å²) in [5, 5.41) is 3.56. The third kappa shape index (κ3) is 7.86. The van der Waals surface area contributed by atoms with Crippen LogP contribution in [0.1, 0.15) is 36.1 Å². The number of rotatable bonds is 10. The van der Waals surface area contributed by atoms with Crippen LogP contribution in [0.2, 0.25) is 5.02 Å². The van der Waals surface area contributed by atoms with Gasteiger partial charge in [0.1, 0.15) is 11.8 Å². The Kier molecular flexibility index (Phi) is 9.32. The molecule has 3 rings (SSSR count). The summed E-state index contributed by atoms with van der Waals surface area (Å²) in [5.41, 5.74) is 3.80. The topological polar surface area (TPSA) is 58.6 Å². The molecule has 0 saturated heterocycles. The molecule has 0 fully saturated rings. The smallest absolute Gasteiger partial charge is 0.261 e. The van der Waals surface area contributed by atoms with Gasteiger partial charge < -0.3 is 15.0 Å². The van der Waals surface area contributed by atoms with E-state index in [-0.39, 0.29) is 31.0 Å². The van der Waals surface area contributed by atoms with Crippen LogP contribution in [0.15, 0.2) is 72.8 Å². The minimum absolute atomic E-state index is 0.0601. The first-order chi connectivity index (χ1) is 16.7. The standard InChI is InChI=1S/C29H33ClN2O3/c1-20(2)31-29(34)26(17-23-9-6-5-7-10-23)32(18-24-11-8-12-25(30)16-24)28(33)19-35-27-15-21(3)13-14-22(27)4/h5-16,20,26H,17-19H2,1-4H3,(H,31,34)/t26-/m0/s1. The van der Waals surface area contributed by atoms with Gasteiger partial charge in [0, 0.05) is 24.0 Å². The average molecular weight is 493 g/mol. The van der Waals surface area contributed by atoms with Crippen LogP contribution in [-0.2, 0) is 22.6 Å². The maximum absolute atomic E-state index is 13.6. The molecule has 0 aliphatic heterocycles. The predicted molar refractivity (Wildman–Crippen MR) is 141 cm³/mol. The number of ether oxygens (including phenoxy) is 1. The second-order valence-corrected chi connectivity index (χ2v) is 9.51. The monoisotopic (exact) mass is 492 g/mol. The molecular weight excluding hydrogens is 460 g/mol. The van der Waals surface area contributed by atoms with E-state index in [1.165, 1.54) is 0 Å². The predicted octanol–water partition coefficient (Wildman–Crippen LogP) is 5.50. The van der Waals surface area contributed by atoms with Crippen LogP contribution < -0.4 is 10.1 Å². The van der Waals surface area contributed by atoms with Crippen LogP contribution in [0, 0.1) is 13.8 Å². The largest absolute Gasteiger partial charge is 0.483 e. The highest BCUT2D eigenvalue weighted by molar-refractivity contribution is 6.30. The molecule has 0 aliphatic rings. The van der Waals surface area contributed by atoms with Gasteiger partial charge in [-0.05, 0) is 68.1 Å². The Labute approximate surface area is 213 Å². The Morgan fingerprint density at radius 2 is 1.66 bits per heavy atom. The molecule has 6 heteroatoms. The Morgan fingerprint density at radius 1 is 0.943 bits per heavy atom. The maximum atomic E-state index is 13.6. The fourth-order valence-electron chi connectivity index (χ4n) is 3.85. The molecule has 3 aromatic carbocycles. The lowest BCUT2D eigenvalue weighted by Gasteiger charge is -2.32. The molecule has 35 heavy (non-hydrogen) atoms. The van der Waals surface area contributed by atoms with Crippen LogP contribution in [0.5, 0.6) is 5.75 Å². The zero-order valence-electron chi connectivity index (χ0n) is 20.8. The summed E-state index contributed by atoms with van der Waals surface area (Å²) in [6, 6.07) is 22.2. The number of hydrogen-bond acceptors (Lipinski definition) is 3. The lowest BCUT2D eigenvalue weighted by molar-refractivity contribution is -0.143. The number of benzene rings is 3. The molecule has 2 amide bonds. The zero-order chi connectivity index (χ0) is 25.4. The van der Waals surface area contributed by atoms with E-state index in [0.29, 0.717) is 17.2 Å². The average Bonchev–Trinajstić information content (AvgIpc) is 2.82. The fraction of sp³-hybridized carbons (Fsp3) is 0.310. The number of carbonyl (C=O) groups excluding carboxylic acids is 2. The number of nitrogens with one attached hydrogen (secondary N) is 1. The van der Waals surface area contributed by atoms with Crippen molar-refractivity contribution >= 4 is 23.4 Å². The summed E-state index contributed by atoms with van der Waals surface area (Å²) < 4.78 is 5.93. The van der Waals surface area contributed by atoms with Crippen molar-refractivity contribution in [3.05, 3.63) is 100 Å². The summed E-state index contributed by atoms with van der Waals surface area (Å²) in [6.45, 7) is 7.79. The zero-order valence-corrected chi connectivity index (χ0v) is 21.5. The molecule has 0 aromatic heterocycles. The van der Waals surface area contributed by atoms with Crippen LogP contribution in [0.25, 0.3) is 0 Å². The van der Waals surface area contributed by atoms with Gasteiger partial charge in [-0.3, -0.25) is 9.59 Å². The molecule has 0 aliphatic carbocycles. The third-order valence-corrected chi connectivity index (χ3v) is 5.87. The van der Waals surface area contributed by atoms with E-state index in [2.05, 4.69) is 5.32 Å². The van der Waals surface area contributed by atoms with E-state index in [0.717, 1.165) is 22.3 Å². The number of hydrogen-bond donors (Lipinski definition) is 1. The minimum atomic E-state index is -0.714. The fourth-order valence-corrected chi connectivity index (χ4v) is 4.06. The summed E-state index contributed by atoms with van der Waals surface area (Å²) in [5.74, 6) is 0.184. The number of carbonyl (C=O) groups is 2. The van der Waals surface area contributed by atoms with Crippen LogP contribution >= 0.6 is 11.6 Å². The Hall–Kier alpha value is -3.31. The van der Waals surface area contributed by atoms with Gasteiger partial charge in [0.15, 0.2) is 6.61 Å². The Balaban J connectivity index is 1.92. The van der Waals surface area contributed by atoms with Crippen molar-refractivity contribution in [1.82, 2.24) is 10.2 Å². The van der Waals surface area contributed by atoms with Crippen molar-refractivity contribution in [2.75, 3.05) is 6.61 Å². The molecule has 0 radical (unpaired) electrons. The number of nitrogens with zero attached hydrogens (tertiary/aromatic N) is 1. The molecule has 5 nitrogen and oxygen atoms in total. The van der Waals surface area contributed by atoms with E-state index >= 15 is 0 Å². The minimum Gasteiger partial charge on any atom is -0.483 e. The quantitative estimate of drug-likeness (QED) is 0.406. The van der Waals surface area contributed by atoms with Gasteiger partial charge in [-0.15, -0.1) is 0 Å². The third-order valence-electron chi connectivity index (χ3n) is 5.64. The van der Waals surface area contributed by atoms with Gasteiger partial charge in [-0.1, -0.05) is 66.2 Å². The van der Waals surface area contributed by atoms with Crippen LogP contribution in [-0.4, -0.2) is 35.4 Å². The molecule has 3 aromatic rings. The van der Waals surface area contributed by atoms with Gasteiger partial charge in [0.25, 0.3) is 5.91 Å². The molecule has 0 bridgehead atoms. The lowest BCUT2D eigenvalue weighted by Crippen LogP contribution is -2.52. The van der Waals surface area contributed by atoms with Crippen molar-refractivity contribution in [2.45, 2.75) is 52.7 Å². The second kappa shape index (κ2) is 12.4. The van der Waals surface area contributed by atoms with Crippen molar-refractivity contribution in [3.8, 4) is 5.75 Å². The molecule has 0 saturated carbocycles. The second-order valence-electron chi connectivity index (χ2n) is 9.08. The van der Waals surface area contributed by atoms with E-state index in [4.69, 9.17) is 16.3 Å². The van der Waals surface area contributed by atoms with Crippen molar-refractivity contribution < 1.29 is 14.3 Å². The number of halogens is 1. The van der Waals surface area contributed by atoms with Gasteiger partial charge in [0.05, 0.1) is 0 Å². The van der Waals surface area contributed by atoms with Crippen molar-refractivity contribution in [3.63, 3.8) is 0 Å². The highest BCUT2D eigenvalue weighted by Crippen LogP contribution is 2.21. The van der Waals surface area contributed by atoms with Gasteiger partial charge in [-0.25, -0.2) is 0 Å². The molecule has 0 spiro atoms. The molecule has 1 N–H and O–H groups in total. The Morgan fingerprint density at radius 3 is 2.34 bits per heavy atom. The van der Waals surface area contributed by atoms with Gasteiger partial charge in [-0.2, -0.15) is 0 Å². The lowest BCUT2D eigenvalue weighted by atomic mass is 10.0. The first-order valence-corrected chi connectivity index (χ1v) is 12.2. The first-order valence-electron chi connectivity index (χ1n) is 11.8. The highest BCUT2D eigenvalue weighted by Gasteiger charge is 2.31. The number of amides is 2. The summed E-state index contributed by atoms with van der Waals surface area (Å²) in [6.07, 6.45) is 0.384. The molecule has 1 atom stereocenters. The highest BCUT2D eigenvalue weighted by atomic mass is 35.5. The van der Waals surface area contributed by atoms with Crippen LogP contribution in [0.3, 0.4) is 0 Å². The van der Waals surface area contributed by atoms with E-state index < -0.39 is 6.04 Å².